The second kappa shape index (κ2) is 4.25. The Bertz CT molecular complexity index is 382. The van der Waals surface area contributed by atoms with E-state index < -0.39 is 12.0 Å². The minimum Gasteiger partial charge on any atom is -0.480 e. The van der Waals surface area contributed by atoms with Gasteiger partial charge >= 0.3 is 5.97 Å². The van der Waals surface area contributed by atoms with E-state index in [0.29, 0.717) is 6.04 Å². The third kappa shape index (κ3) is 2.24. The fourth-order valence-electron chi connectivity index (χ4n) is 1.81. The number of aliphatic carboxylic acids is 1. The first-order chi connectivity index (χ1) is 7.59. The molecule has 1 saturated carbocycles. The highest BCUT2D eigenvalue weighted by atomic mass is 16.4. The van der Waals surface area contributed by atoms with Gasteiger partial charge in [0.2, 0.25) is 0 Å². The first-order valence-electron chi connectivity index (χ1n) is 5.60. The van der Waals surface area contributed by atoms with Crippen LogP contribution in [0.3, 0.4) is 0 Å². The van der Waals surface area contributed by atoms with Crippen LogP contribution in [-0.4, -0.2) is 26.7 Å². The normalized spacial score (nSPS) is 17.7. The average Bonchev–Trinajstić information content (AvgIpc) is 2.93. The SMILES string of the molecule is CC(C)NC(C(=O)O)c1cncn1C1CC1. The predicted molar refractivity (Wildman–Crippen MR) is 59.1 cm³/mol. The molecule has 0 saturated heterocycles. The van der Waals surface area contributed by atoms with Gasteiger partial charge in [-0.05, 0) is 26.7 Å². The first kappa shape index (κ1) is 11.1. The van der Waals surface area contributed by atoms with Crippen LogP contribution in [0.2, 0.25) is 0 Å². The van der Waals surface area contributed by atoms with Gasteiger partial charge in [0.15, 0.2) is 0 Å². The smallest absolute Gasteiger partial charge is 0.326 e. The molecule has 1 atom stereocenters. The van der Waals surface area contributed by atoms with Crippen LogP contribution in [0, 0.1) is 0 Å². The maximum atomic E-state index is 11.2. The minimum absolute atomic E-state index is 0.128. The molecule has 5 heteroatoms. The maximum Gasteiger partial charge on any atom is 0.326 e. The molecule has 1 unspecified atom stereocenters. The van der Waals surface area contributed by atoms with Crippen LogP contribution in [0.5, 0.6) is 0 Å². The molecule has 1 aromatic heterocycles. The summed E-state index contributed by atoms with van der Waals surface area (Å²) in [6, 6.07) is -0.0833. The molecule has 1 aliphatic carbocycles. The lowest BCUT2D eigenvalue weighted by Crippen LogP contribution is -2.34. The molecule has 0 radical (unpaired) electrons. The fraction of sp³-hybridized carbons (Fsp3) is 0.636. The third-order valence-electron chi connectivity index (χ3n) is 2.68. The molecular weight excluding hydrogens is 206 g/mol. The van der Waals surface area contributed by atoms with Gasteiger partial charge in [-0.15, -0.1) is 0 Å². The zero-order valence-corrected chi connectivity index (χ0v) is 9.55. The molecule has 0 spiro atoms. The summed E-state index contributed by atoms with van der Waals surface area (Å²) < 4.78 is 1.98. The zero-order valence-electron chi connectivity index (χ0n) is 9.55. The van der Waals surface area contributed by atoms with Gasteiger partial charge in [0.25, 0.3) is 0 Å². The van der Waals surface area contributed by atoms with E-state index in [1.165, 1.54) is 0 Å². The van der Waals surface area contributed by atoms with Gasteiger partial charge in [-0.1, -0.05) is 0 Å². The average molecular weight is 223 g/mol. The van der Waals surface area contributed by atoms with Crippen LogP contribution in [0.25, 0.3) is 0 Å². The van der Waals surface area contributed by atoms with Crippen molar-refractivity contribution in [3.05, 3.63) is 18.2 Å². The summed E-state index contributed by atoms with van der Waals surface area (Å²) in [5, 5.41) is 12.3. The van der Waals surface area contributed by atoms with E-state index in [1.54, 1.807) is 12.5 Å². The summed E-state index contributed by atoms with van der Waals surface area (Å²) in [5.74, 6) is -0.851. The Kier molecular flexibility index (Phi) is 2.96. The summed E-state index contributed by atoms with van der Waals surface area (Å²) in [6.07, 6.45) is 5.62. The number of nitrogens with zero attached hydrogens (tertiary/aromatic N) is 2. The Balaban J connectivity index is 2.23. The van der Waals surface area contributed by atoms with Crippen molar-refractivity contribution in [1.82, 2.24) is 14.9 Å². The van der Waals surface area contributed by atoms with Gasteiger partial charge in [-0.25, -0.2) is 4.98 Å². The Morgan fingerprint density at radius 3 is 2.81 bits per heavy atom. The lowest BCUT2D eigenvalue weighted by molar-refractivity contribution is -0.140. The Labute approximate surface area is 94.5 Å². The van der Waals surface area contributed by atoms with Crippen molar-refractivity contribution in [3.63, 3.8) is 0 Å². The van der Waals surface area contributed by atoms with E-state index in [2.05, 4.69) is 10.3 Å². The van der Waals surface area contributed by atoms with E-state index in [1.807, 2.05) is 18.4 Å². The Hall–Kier alpha value is -1.36. The van der Waals surface area contributed by atoms with Crippen molar-refractivity contribution in [2.75, 3.05) is 0 Å². The summed E-state index contributed by atoms with van der Waals surface area (Å²) in [5.41, 5.74) is 0.753. The second-order valence-electron chi connectivity index (χ2n) is 4.55. The highest BCUT2D eigenvalue weighted by Gasteiger charge is 2.30. The molecule has 1 heterocycles. The molecular formula is C11H17N3O2. The molecule has 0 bridgehead atoms. The summed E-state index contributed by atoms with van der Waals surface area (Å²) in [7, 11) is 0. The number of hydrogen-bond donors (Lipinski definition) is 2. The van der Waals surface area contributed by atoms with E-state index in [-0.39, 0.29) is 6.04 Å². The summed E-state index contributed by atoms with van der Waals surface area (Å²) in [6.45, 7) is 3.88. The van der Waals surface area contributed by atoms with E-state index in [4.69, 9.17) is 0 Å². The van der Waals surface area contributed by atoms with Crippen molar-refractivity contribution in [1.29, 1.82) is 0 Å². The van der Waals surface area contributed by atoms with Gasteiger partial charge in [-0.2, -0.15) is 0 Å². The number of hydrogen-bond acceptors (Lipinski definition) is 3. The van der Waals surface area contributed by atoms with Gasteiger partial charge in [-0.3, -0.25) is 10.1 Å². The van der Waals surface area contributed by atoms with Crippen LogP contribution >= 0.6 is 0 Å². The number of imidazole rings is 1. The molecule has 2 N–H and O–H groups in total. The quantitative estimate of drug-likeness (QED) is 0.790. The van der Waals surface area contributed by atoms with Gasteiger partial charge in [0.05, 0.1) is 18.2 Å². The van der Waals surface area contributed by atoms with Crippen LogP contribution < -0.4 is 5.32 Å². The lowest BCUT2D eigenvalue weighted by atomic mass is 10.2. The van der Waals surface area contributed by atoms with Gasteiger partial charge in [0.1, 0.15) is 6.04 Å². The Morgan fingerprint density at radius 1 is 1.62 bits per heavy atom. The number of carboxylic acids is 1. The molecule has 0 aromatic carbocycles. The molecule has 16 heavy (non-hydrogen) atoms. The Morgan fingerprint density at radius 2 is 2.31 bits per heavy atom. The first-order valence-corrected chi connectivity index (χ1v) is 5.60. The van der Waals surface area contributed by atoms with Crippen molar-refractivity contribution in [2.24, 2.45) is 0 Å². The summed E-state index contributed by atoms with van der Waals surface area (Å²) >= 11 is 0. The fourth-order valence-corrected chi connectivity index (χ4v) is 1.81. The maximum absolute atomic E-state index is 11.2. The monoisotopic (exact) mass is 223 g/mol. The molecule has 5 nitrogen and oxygen atoms in total. The van der Waals surface area contributed by atoms with Gasteiger partial charge in [0, 0.05) is 12.1 Å². The van der Waals surface area contributed by atoms with Crippen molar-refractivity contribution < 1.29 is 9.90 Å². The van der Waals surface area contributed by atoms with Gasteiger partial charge < -0.3 is 9.67 Å². The van der Waals surface area contributed by atoms with E-state index >= 15 is 0 Å². The molecule has 0 amide bonds. The summed E-state index contributed by atoms with van der Waals surface area (Å²) in [4.78, 5) is 15.3. The largest absolute Gasteiger partial charge is 0.480 e. The highest BCUT2D eigenvalue weighted by Crippen LogP contribution is 2.36. The molecule has 2 rings (SSSR count). The third-order valence-corrected chi connectivity index (χ3v) is 2.68. The minimum atomic E-state index is -0.851. The second-order valence-corrected chi connectivity index (χ2v) is 4.55. The molecule has 1 aliphatic rings. The van der Waals surface area contributed by atoms with Crippen molar-refractivity contribution >= 4 is 5.97 Å². The predicted octanol–water partition coefficient (Wildman–Crippen LogP) is 1.34. The number of aromatic nitrogens is 2. The van der Waals surface area contributed by atoms with Crippen molar-refractivity contribution in [2.45, 2.75) is 44.8 Å². The van der Waals surface area contributed by atoms with E-state index in [9.17, 15) is 9.90 Å². The molecule has 1 fully saturated rings. The number of carboxylic acid groups (broad SMARTS) is 1. The van der Waals surface area contributed by atoms with Crippen LogP contribution in [-0.2, 0) is 4.79 Å². The highest BCUT2D eigenvalue weighted by molar-refractivity contribution is 5.75. The van der Waals surface area contributed by atoms with Crippen LogP contribution in [0.1, 0.15) is 44.5 Å². The topological polar surface area (TPSA) is 67.2 Å². The molecule has 0 aliphatic heterocycles. The van der Waals surface area contributed by atoms with Crippen LogP contribution in [0.4, 0.5) is 0 Å². The number of nitrogens with one attached hydrogen (secondary N) is 1. The van der Waals surface area contributed by atoms with Crippen molar-refractivity contribution in [3.8, 4) is 0 Å². The standard InChI is InChI=1S/C11H17N3O2/c1-7(2)13-10(11(15)16)9-5-12-6-14(9)8-3-4-8/h5-8,10,13H,3-4H2,1-2H3,(H,15,16). The molecule has 88 valence electrons. The molecule has 1 aromatic rings. The number of carbonyl (C=O) groups is 1. The van der Waals surface area contributed by atoms with E-state index in [0.717, 1.165) is 18.5 Å². The zero-order chi connectivity index (χ0) is 11.7. The van der Waals surface area contributed by atoms with Crippen LogP contribution in [0.15, 0.2) is 12.5 Å². The number of rotatable bonds is 5. The lowest BCUT2D eigenvalue weighted by Gasteiger charge is -2.18.